The molecule has 0 unspecified atom stereocenters. The van der Waals surface area contributed by atoms with Gasteiger partial charge in [0.2, 0.25) is 0 Å². The second-order valence-corrected chi connectivity index (χ2v) is 10.4. The third kappa shape index (κ3) is 3.86. The number of fused-ring (bicyclic) bond motifs is 5. The molecule has 2 aromatic heterocycles. The third-order valence-corrected chi connectivity index (χ3v) is 8.60. The monoisotopic (exact) mass is 485 g/mol. The van der Waals surface area contributed by atoms with Crippen molar-refractivity contribution >= 4 is 23.1 Å². The Morgan fingerprint density at radius 1 is 1.03 bits per heavy atom. The first-order chi connectivity index (χ1) is 17.1. The Kier molecular flexibility index (Phi) is 5.69. The van der Waals surface area contributed by atoms with E-state index in [9.17, 15) is 9.18 Å². The number of rotatable bonds is 3. The van der Waals surface area contributed by atoms with E-state index in [1.54, 1.807) is 12.1 Å². The van der Waals surface area contributed by atoms with Gasteiger partial charge in [0.05, 0.1) is 18.3 Å². The smallest absolute Gasteiger partial charge is 0.310 e. The predicted octanol–water partition coefficient (Wildman–Crippen LogP) is 7.26. The van der Waals surface area contributed by atoms with Crippen molar-refractivity contribution in [2.24, 2.45) is 0 Å². The first-order valence-corrected chi connectivity index (χ1v) is 13.2. The molecule has 0 fully saturated rings. The minimum absolute atomic E-state index is 0.142. The highest BCUT2D eigenvalue weighted by Crippen LogP contribution is 2.44. The number of halogens is 1. The summed E-state index contributed by atoms with van der Waals surface area (Å²) in [4.78, 5) is 17.4. The van der Waals surface area contributed by atoms with Crippen LogP contribution in [-0.2, 0) is 25.8 Å². The fourth-order valence-corrected chi connectivity index (χ4v) is 6.92. The van der Waals surface area contributed by atoms with Crippen molar-refractivity contribution in [2.75, 3.05) is 5.32 Å². The summed E-state index contributed by atoms with van der Waals surface area (Å²) in [5.74, 6) is -0.279. The molecular weight excluding hydrogens is 457 g/mol. The highest BCUT2D eigenvalue weighted by molar-refractivity contribution is 7.15. The Hall–Kier alpha value is -3.38. The zero-order valence-corrected chi connectivity index (χ0v) is 20.6. The highest BCUT2D eigenvalue weighted by atomic mass is 32.1. The molecule has 1 N–H and O–H groups in total. The summed E-state index contributed by atoms with van der Waals surface area (Å²) < 4.78 is 16.1. The summed E-state index contributed by atoms with van der Waals surface area (Å²) in [6.45, 7) is 2.61. The number of para-hydroxylation sites is 1. The molecule has 6 heteroatoms. The zero-order valence-electron chi connectivity index (χ0n) is 19.8. The van der Waals surface area contributed by atoms with Crippen LogP contribution in [0.2, 0.25) is 0 Å². The Balaban J connectivity index is 1.50. The van der Waals surface area contributed by atoms with Crippen molar-refractivity contribution in [2.45, 2.75) is 51.6 Å². The topological polar surface area (TPSA) is 37.3 Å². The molecule has 0 saturated heterocycles. The van der Waals surface area contributed by atoms with Gasteiger partial charge in [0.25, 0.3) is 0 Å². The number of hydrogen-bond acceptors (Lipinski definition) is 2. The number of urea groups is 1. The predicted molar refractivity (Wildman–Crippen MR) is 139 cm³/mol. The molecule has 0 saturated carbocycles. The molecular formula is C29H28FN3OS. The van der Waals surface area contributed by atoms with E-state index in [1.807, 2.05) is 46.6 Å². The molecule has 1 aliphatic heterocycles. The van der Waals surface area contributed by atoms with Gasteiger partial charge in [-0.2, -0.15) is 0 Å². The lowest BCUT2D eigenvalue weighted by molar-refractivity contribution is 0.194. The molecule has 4 aromatic rings. The van der Waals surface area contributed by atoms with E-state index in [-0.39, 0.29) is 17.9 Å². The van der Waals surface area contributed by atoms with Gasteiger partial charge in [-0.25, -0.2) is 9.18 Å². The second kappa shape index (κ2) is 9.00. The molecule has 1 atom stereocenters. The molecule has 35 heavy (non-hydrogen) atoms. The molecule has 178 valence electrons. The van der Waals surface area contributed by atoms with Gasteiger partial charge >= 0.3 is 6.03 Å². The SMILES string of the molecule is CCc1ccccc1NC(=O)N1Cc2c(sc3c2CCCC3)-n2cccc2[C@@H]1c1ccc(F)cc1. The number of benzene rings is 2. The van der Waals surface area contributed by atoms with Crippen LogP contribution in [0.1, 0.15) is 58.6 Å². The van der Waals surface area contributed by atoms with Crippen LogP contribution < -0.4 is 5.32 Å². The largest absolute Gasteiger partial charge is 0.322 e. The Morgan fingerprint density at radius 3 is 2.66 bits per heavy atom. The maximum Gasteiger partial charge on any atom is 0.322 e. The molecule has 6 rings (SSSR count). The molecule has 4 nitrogen and oxygen atoms in total. The molecule has 2 amide bonds. The van der Waals surface area contributed by atoms with Crippen LogP contribution in [0.3, 0.4) is 0 Å². The Morgan fingerprint density at radius 2 is 1.83 bits per heavy atom. The van der Waals surface area contributed by atoms with E-state index >= 15 is 0 Å². The van der Waals surface area contributed by atoms with Crippen LogP contribution in [-0.4, -0.2) is 15.5 Å². The van der Waals surface area contributed by atoms with Crippen molar-refractivity contribution < 1.29 is 9.18 Å². The van der Waals surface area contributed by atoms with E-state index in [1.165, 1.54) is 46.0 Å². The van der Waals surface area contributed by atoms with Crippen molar-refractivity contribution in [3.8, 4) is 5.00 Å². The fraction of sp³-hybridized carbons (Fsp3) is 0.276. The molecule has 2 aliphatic rings. The van der Waals surface area contributed by atoms with E-state index in [4.69, 9.17) is 0 Å². The molecule has 0 spiro atoms. The second-order valence-electron chi connectivity index (χ2n) is 9.32. The average Bonchev–Trinajstić information content (AvgIpc) is 3.47. The van der Waals surface area contributed by atoms with Crippen molar-refractivity contribution in [1.82, 2.24) is 9.47 Å². The van der Waals surface area contributed by atoms with Crippen LogP contribution in [0, 0.1) is 5.82 Å². The molecule has 3 heterocycles. The first-order valence-electron chi connectivity index (χ1n) is 12.4. The standard InChI is InChI=1S/C29H28FN3OS/c1-2-19-8-3-5-10-24(19)31-29(34)33-18-23-22-9-4-6-12-26(22)35-28(23)32-17-7-11-25(32)27(33)20-13-15-21(30)16-14-20/h3,5,7-8,10-11,13-17,27H,2,4,6,9,12,18H2,1H3,(H,31,34)/t27-/m0/s1. The van der Waals surface area contributed by atoms with Gasteiger partial charge in [0.1, 0.15) is 10.8 Å². The maximum absolute atomic E-state index is 14.0. The van der Waals surface area contributed by atoms with Crippen molar-refractivity contribution in [3.05, 3.63) is 106 Å². The fourth-order valence-electron chi connectivity index (χ4n) is 5.52. The lowest BCUT2D eigenvalue weighted by atomic mass is 9.95. The lowest BCUT2D eigenvalue weighted by Crippen LogP contribution is -2.38. The third-order valence-electron chi connectivity index (χ3n) is 7.27. The van der Waals surface area contributed by atoms with Gasteiger partial charge in [-0.15, -0.1) is 11.3 Å². The number of thiophene rings is 1. The number of nitrogens with zero attached hydrogens (tertiary/aromatic N) is 2. The van der Waals surface area contributed by atoms with Crippen molar-refractivity contribution in [1.29, 1.82) is 0 Å². The normalized spacial score (nSPS) is 16.7. The summed E-state index contributed by atoms with van der Waals surface area (Å²) in [6.07, 6.45) is 7.52. The molecule has 0 radical (unpaired) electrons. The Labute approximate surface area is 209 Å². The number of carbonyl (C=O) groups is 1. The Bertz CT molecular complexity index is 1390. The maximum atomic E-state index is 14.0. The number of amides is 2. The summed E-state index contributed by atoms with van der Waals surface area (Å²) >= 11 is 1.87. The number of aryl methyl sites for hydroxylation is 2. The summed E-state index contributed by atoms with van der Waals surface area (Å²) in [6, 6.07) is 18.2. The van der Waals surface area contributed by atoms with Crippen LogP contribution >= 0.6 is 11.3 Å². The molecule has 2 aromatic carbocycles. The van der Waals surface area contributed by atoms with Gasteiger partial charge in [0.15, 0.2) is 0 Å². The number of nitrogens with one attached hydrogen (secondary N) is 1. The highest BCUT2D eigenvalue weighted by Gasteiger charge is 2.36. The van der Waals surface area contributed by atoms with Crippen LogP contribution in [0.5, 0.6) is 0 Å². The zero-order chi connectivity index (χ0) is 23.9. The molecule has 1 aliphatic carbocycles. The minimum Gasteiger partial charge on any atom is -0.310 e. The van der Waals surface area contributed by atoms with E-state index in [0.717, 1.165) is 41.8 Å². The van der Waals surface area contributed by atoms with E-state index in [0.29, 0.717) is 6.54 Å². The van der Waals surface area contributed by atoms with Crippen LogP contribution in [0.4, 0.5) is 14.9 Å². The first kappa shape index (κ1) is 22.1. The molecule has 0 bridgehead atoms. The quantitative estimate of drug-likeness (QED) is 0.326. The van der Waals surface area contributed by atoms with Crippen LogP contribution in [0.25, 0.3) is 5.00 Å². The van der Waals surface area contributed by atoms with Gasteiger partial charge in [-0.3, -0.25) is 0 Å². The number of anilines is 1. The van der Waals surface area contributed by atoms with Crippen molar-refractivity contribution in [3.63, 3.8) is 0 Å². The average molecular weight is 486 g/mol. The van der Waals surface area contributed by atoms with E-state index in [2.05, 4.69) is 29.1 Å². The van der Waals surface area contributed by atoms with Gasteiger partial charge < -0.3 is 14.8 Å². The van der Waals surface area contributed by atoms with Gasteiger partial charge in [0, 0.05) is 22.3 Å². The summed E-state index contributed by atoms with van der Waals surface area (Å²) in [5, 5.41) is 4.42. The van der Waals surface area contributed by atoms with E-state index < -0.39 is 0 Å². The number of hydrogen-bond donors (Lipinski definition) is 1. The minimum atomic E-state index is -0.335. The summed E-state index contributed by atoms with van der Waals surface area (Å²) in [7, 11) is 0. The van der Waals surface area contributed by atoms with Gasteiger partial charge in [-0.05, 0) is 79.1 Å². The summed E-state index contributed by atoms with van der Waals surface area (Å²) in [5.41, 5.74) is 6.53. The number of aromatic nitrogens is 1. The van der Waals surface area contributed by atoms with Gasteiger partial charge in [-0.1, -0.05) is 37.3 Å². The number of carbonyl (C=O) groups excluding carboxylic acids is 1. The van der Waals surface area contributed by atoms with Crippen LogP contribution in [0.15, 0.2) is 66.9 Å². The lowest BCUT2D eigenvalue weighted by Gasteiger charge is -2.31.